The molecule has 0 saturated carbocycles. The zero-order chi connectivity index (χ0) is 12.1. The van der Waals surface area contributed by atoms with Crippen LogP contribution in [0.4, 0.5) is 0 Å². The summed E-state index contributed by atoms with van der Waals surface area (Å²) in [4.78, 5) is 0. The minimum atomic E-state index is -0.0486. The summed E-state index contributed by atoms with van der Waals surface area (Å²) >= 11 is 1.82. The first-order valence-corrected chi connectivity index (χ1v) is 8.37. The SMILES string of the molecule is CCCCCCCCCCC(O)CCSC. The molecule has 0 spiro atoms. The molecule has 2 heteroatoms. The van der Waals surface area contributed by atoms with Crippen molar-refractivity contribution in [1.29, 1.82) is 0 Å². The summed E-state index contributed by atoms with van der Waals surface area (Å²) in [6, 6.07) is 0. The molecule has 1 unspecified atom stereocenters. The van der Waals surface area contributed by atoms with Gasteiger partial charge < -0.3 is 5.11 Å². The molecule has 0 radical (unpaired) electrons. The maximum Gasteiger partial charge on any atom is 0.0548 e. The van der Waals surface area contributed by atoms with Crippen LogP contribution in [0.3, 0.4) is 0 Å². The minimum Gasteiger partial charge on any atom is -0.393 e. The summed E-state index contributed by atoms with van der Waals surface area (Å²) in [5, 5.41) is 9.64. The van der Waals surface area contributed by atoms with Crippen LogP contribution in [-0.2, 0) is 0 Å². The first-order chi connectivity index (χ1) is 7.81. The van der Waals surface area contributed by atoms with Crippen LogP contribution in [0, 0.1) is 0 Å². The highest BCUT2D eigenvalue weighted by molar-refractivity contribution is 7.98. The monoisotopic (exact) mass is 246 g/mol. The van der Waals surface area contributed by atoms with Gasteiger partial charge in [-0.3, -0.25) is 0 Å². The van der Waals surface area contributed by atoms with Crippen molar-refractivity contribution < 1.29 is 5.11 Å². The van der Waals surface area contributed by atoms with E-state index in [4.69, 9.17) is 0 Å². The molecule has 0 fully saturated rings. The quantitative estimate of drug-likeness (QED) is 0.507. The van der Waals surface area contributed by atoms with Crippen LogP contribution in [0.2, 0.25) is 0 Å². The average molecular weight is 246 g/mol. The Morgan fingerprint density at radius 2 is 1.44 bits per heavy atom. The Morgan fingerprint density at radius 3 is 2.00 bits per heavy atom. The third-order valence-corrected chi connectivity index (χ3v) is 3.69. The molecule has 98 valence electrons. The molecule has 0 saturated heterocycles. The van der Waals surface area contributed by atoms with Gasteiger partial charge in [0.25, 0.3) is 0 Å². The van der Waals surface area contributed by atoms with Crippen LogP contribution < -0.4 is 0 Å². The first-order valence-electron chi connectivity index (χ1n) is 6.98. The van der Waals surface area contributed by atoms with Gasteiger partial charge in [-0.1, -0.05) is 58.3 Å². The van der Waals surface area contributed by atoms with Gasteiger partial charge in [0.05, 0.1) is 6.10 Å². The van der Waals surface area contributed by atoms with Crippen molar-refractivity contribution in [3.05, 3.63) is 0 Å². The van der Waals surface area contributed by atoms with E-state index in [1.807, 2.05) is 11.8 Å². The lowest BCUT2D eigenvalue weighted by Crippen LogP contribution is -2.07. The molecule has 0 aliphatic rings. The summed E-state index contributed by atoms with van der Waals surface area (Å²) in [5.74, 6) is 1.10. The maximum absolute atomic E-state index is 9.64. The Kier molecular flexibility index (Phi) is 13.6. The molecule has 0 aromatic carbocycles. The van der Waals surface area contributed by atoms with Gasteiger partial charge in [0, 0.05) is 0 Å². The largest absolute Gasteiger partial charge is 0.393 e. The van der Waals surface area contributed by atoms with E-state index in [0.29, 0.717) is 0 Å². The summed E-state index contributed by atoms with van der Waals surface area (Å²) in [7, 11) is 0. The van der Waals surface area contributed by atoms with Gasteiger partial charge in [-0.2, -0.15) is 11.8 Å². The Hall–Kier alpha value is 0.310. The topological polar surface area (TPSA) is 20.2 Å². The van der Waals surface area contributed by atoms with Crippen molar-refractivity contribution in [1.82, 2.24) is 0 Å². The second kappa shape index (κ2) is 13.4. The van der Waals surface area contributed by atoms with Crippen LogP contribution >= 0.6 is 11.8 Å². The fourth-order valence-electron chi connectivity index (χ4n) is 1.91. The molecular formula is C14H30OS. The van der Waals surface area contributed by atoms with E-state index in [9.17, 15) is 5.11 Å². The Bertz CT molecular complexity index is 128. The second-order valence-corrected chi connectivity index (χ2v) is 5.68. The molecule has 0 rings (SSSR count). The van der Waals surface area contributed by atoms with E-state index in [-0.39, 0.29) is 6.10 Å². The normalized spacial score (nSPS) is 12.9. The predicted molar refractivity (Wildman–Crippen MR) is 76.2 cm³/mol. The smallest absolute Gasteiger partial charge is 0.0548 e. The van der Waals surface area contributed by atoms with Crippen LogP contribution in [-0.4, -0.2) is 23.2 Å². The molecule has 0 aromatic rings. The molecule has 0 aromatic heterocycles. The summed E-state index contributed by atoms with van der Waals surface area (Å²) < 4.78 is 0. The van der Waals surface area contributed by atoms with Gasteiger partial charge in [-0.15, -0.1) is 0 Å². The predicted octanol–water partition coefficient (Wildman–Crippen LogP) is 4.63. The fourth-order valence-corrected chi connectivity index (χ4v) is 2.42. The van der Waals surface area contributed by atoms with Gasteiger partial charge in [0.15, 0.2) is 0 Å². The zero-order valence-electron chi connectivity index (χ0n) is 11.2. The van der Waals surface area contributed by atoms with Gasteiger partial charge >= 0.3 is 0 Å². The highest BCUT2D eigenvalue weighted by atomic mass is 32.2. The first kappa shape index (κ1) is 16.3. The second-order valence-electron chi connectivity index (χ2n) is 4.70. The number of unbranched alkanes of at least 4 members (excludes halogenated alkanes) is 7. The van der Waals surface area contributed by atoms with Crippen molar-refractivity contribution in [2.45, 2.75) is 77.2 Å². The third-order valence-electron chi connectivity index (χ3n) is 3.05. The molecule has 1 N–H and O–H groups in total. The Balaban J connectivity index is 3.02. The summed E-state index contributed by atoms with van der Waals surface area (Å²) in [6.45, 7) is 2.26. The van der Waals surface area contributed by atoms with Crippen molar-refractivity contribution in [3.63, 3.8) is 0 Å². The lowest BCUT2D eigenvalue weighted by atomic mass is 10.0. The summed E-state index contributed by atoms with van der Waals surface area (Å²) in [6.07, 6.45) is 14.8. The van der Waals surface area contributed by atoms with Gasteiger partial charge in [-0.25, -0.2) is 0 Å². The Morgan fingerprint density at radius 1 is 0.875 bits per heavy atom. The lowest BCUT2D eigenvalue weighted by Gasteiger charge is -2.09. The van der Waals surface area contributed by atoms with E-state index in [0.717, 1.165) is 18.6 Å². The Labute approximate surface area is 106 Å². The minimum absolute atomic E-state index is 0.0486. The number of aliphatic hydroxyl groups excluding tert-OH is 1. The third kappa shape index (κ3) is 12.4. The number of hydrogen-bond donors (Lipinski definition) is 1. The highest BCUT2D eigenvalue weighted by Crippen LogP contribution is 2.12. The maximum atomic E-state index is 9.64. The van der Waals surface area contributed by atoms with Gasteiger partial charge in [0.2, 0.25) is 0 Å². The zero-order valence-corrected chi connectivity index (χ0v) is 12.0. The number of rotatable bonds is 12. The van der Waals surface area contributed by atoms with E-state index in [1.54, 1.807) is 0 Å². The fraction of sp³-hybridized carbons (Fsp3) is 1.00. The van der Waals surface area contributed by atoms with Crippen molar-refractivity contribution in [2.75, 3.05) is 12.0 Å². The number of aliphatic hydroxyl groups is 1. The molecule has 0 amide bonds. The van der Waals surface area contributed by atoms with Crippen LogP contribution in [0.15, 0.2) is 0 Å². The van der Waals surface area contributed by atoms with Crippen molar-refractivity contribution in [2.24, 2.45) is 0 Å². The molecule has 16 heavy (non-hydrogen) atoms. The van der Waals surface area contributed by atoms with Crippen molar-refractivity contribution in [3.8, 4) is 0 Å². The molecule has 0 heterocycles. The molecule has 0 aliphatic heterocycles. The molecule has 0 aliphatic carbocycles. The molecule has 0 bridgehead atoms. The van der Waals surface area contributed by atoms with E-state index in [2.05, 4.69) is 13.2 Å². The molecule has 1 atom stereocenters. The molecule has 1 nitrogen and oxygen atoms in total. The van der Waals surface area contributed by atoms with E-state index < -0.39 is 0 Å². The molecular weight excluding hydrogens is 216 g/mol. The average Bonchev–Trinajstić information content (AvgIpc) is 2.30. The van der Waals surface area contributed by atoms with Gasteiger partial charge in [-0.05, 0) is 24.9 Å². The van der Waals surface area contributed by atoms with Crippen LogP contribution in [0.5, 0.6) is 0 Å². The van der Waals surface area contributed by atoms with E-state index >= 15 is 0 Å². The van der Waals surface area contributed by atoms with E-state index in [1.165, 1.54) is 51.4 Å². The number of thioether (sulfide) groups is 1. The summed E-state index contributed by atoms with van der Waals surface area (Å²) in [5.41, 5.74) is 0. The highest BCUT2D eigenvalue weighted by Gasteiger charge is 2.02. The number of hydrogen-bond acceptors (Lipinski definition) is 2. The van der Waals surface area contributed by atoms with Crippen molar-refractivity contribution >= 4 is 11.8 Å². The standard InChI is InChI=1S/C14H30OS/c1-3-4-5-6-7-8-9-10-11-14(15)12-13-16-2/h14-15H,3-13H2,1-2H3. The van der Waals surface area contributed by atoms with Crippen LogP contribution in [0.25, 0.3) is 0 Å². The van der Waals surface area contributed by atoms with Crippen LogP contribution in [0.1, 0.15) is 71.1 Å². The van der Waals surface area contributed by atoms with Gasteiger partial charge in [0.1, 0.15) is 0 Å². The lowest BCUT2D eigenvalue weighted by molar-refractivity contribution is 0.157.